The number of thiazole rings is 1. The van der Waals surface area contributed by atoms with Crippen LogP contribution in [-0.2, 0) is 6.54 Å². The maximum atomic E-state index is 12.1. The quantitative estimate of drug-likeness (QED) is 0.456. The predicted molar refractivity (Wildman–Crippen MR) is 115 cm³/mol. The number of carbonyl (C=O) groups is 1. The van der Waals surface area contributed by atoms with Gasteiger partial charge in [-0.3, -0.25) is 5.32 Å². The van der Waals surface area contributed by atoms with Crippen molar-refractivity contribution in [2.75, 3.05) is 5.32 Å². The van der Waals surface area contributed by atoms with E-state index in [9.17, 15) is 4.79 Å². The number of rotatable bonds is 5. The van der Waals surface area contributed by atoms with Crippen LogP contribution in [0.15, 0.2) is 90.3 Å². The van der Waals surface area contributed by atoms with Crippen molar-refractivity contribution in [3.8, 4) is 22.4 Å². The number of nitrogens with zero attached hydrogens (tertiary/aromatic N) is 1. The molecule has 0 unspecified atom stereocenters. The molecule has 0 saturated heterocycles. The summed E-state index contributed by atoms with van der Waals surface area (Å²) >= 11 is 1.41. The maximum Gasteiger partial charge on any atom is 0.321 e. The molecule has 0 spiro atoms. The van der Waals surface area contributed by atoms with Gasteiger partial charge in [0.15, 0.2) is 5.13 Å². The Morgan fingerprint density at radius 3 is 2.11 bits per heavy atom. The summed E-state index contributed by atoms with van der Waals surface area (Å²) in [6.07, 6.45) is 0. The summed E-state index contributed by atoms with van der Waals surface area (Å²) < 4.78 is 0. The fraction of sp³-hybridized carbons (Fsp3) is 0.0435. The smallest absolute Gasteiger partial charge is 0.321 e. The molecule has 0 bridgehead atoms. The first-order chi connectivity index (χ1) is 13.8. The fourth-order valence-electron chi connectivity index (χ4n) is 2.85. The molecule has 1 aromatic heterocycles. The van der Waals surface area contributed by atoms with E-state index in [1.165, 1.54) is 22.5 Å². The largest absolute Gasteiger partial charge is 0.334 e. The minimum Gasteiger partial charge on any atom is -0.334 e. The number of aromatic nitrogens is 1. The first kappa shape index (κ1) is 17.9. The van der Waals surface area contributed by atoms with Gasteiger partial charge in [0, 0.05) is 17.5 Å². The van der Waals surface area contributed by atoms with E-state index >= 15 is 0 Å². The maximum absolute atomic E-state index is 12.1. The van der Waals surface area contributed by atoms with Crippen LogP contribution >= 0.6 is 11.3 Å². The normalized spacial score (nSPS) is 10.4. The van der Waals surface area contributed by atoms with Crippen LogP contribution < -0.4 is 10.6 Å². The zero-order valence-corrected chi connectivity index (χ0v) is 15.9. The van der Waals surface area contributed by atoms with Crippen molar-refractivity contribution in [2.45, 2.75) is 6.54 Å². The monoisotopic (exact) mass is 385 g/mol. The molecule has 1 heterocycles. The molecule has 0 aliphatic rings. The number of hydrogen-bond acceptors (Lipinski definition) is 3. The Labute approximate surface area is 167 Å². The molecule has 2 N–H and O–H groups in total. The number of hydrogen-bond donors (Lipinski definition) is 2. The minimum atomic E-state index is -0.260. The van der Waals surface area contributed by atoms with E-state index in [0.29, 0.717) is 11.7 Å². The highest BCUT2D eigenvalue weighted by Gasteiger charge is 2.08. The average molecular weight is 385 g/mol. The van der Waals surface area contributed by atoms with E-state index in [4.69, 9.17) is 0 Å². The van der Waals surface area contributed by atoms with Crippen LogP contribution in [0.3, 0.4) is 0 Å². The van der Waals surface area contributed by atoms with E-state index in [0.717, 1.165) is 16.8 Å². The van der Waals surface area contributed by atoms with Crippen LogP contribution in [0.1, 0.15) is 5.56 Å². The molecule has 0 radical (unpaired) electrons. The van der Waals surface area contributed by atoms with Crippen molar-refractivity contribution in [1.29, 1.82) is 0 Å². The van der Waals surface area contributed by atoms with Crippen LogP contribution in [0.2, 0.25) is 0 Å². The van der Waals surface area contributed by atoms with E-state index < -0.39 is 0 Å². The lowest BCUT2D eigenvalue weighted by molar-refractivity contribution is 0.251. The molecule has 0 fully saturated rings. The standard InChI is InChI=1S/C23H19N3OS/c27-22(24-15-17-7-3-1-4-8-17)26-23-25-21(16-28-23)20-13-11-19(12-14-20)18-9-5-2-6-10-18/h1-14,16H,15H2,(H2,24,25,26,27). The lowest BCUT2D eigenvalue weighted by Crippen LogP contribution is -2.28. The second kappa shape index (κ2) is 8.50. The molecule has 2 amide bonds. The zero-order valence-electron chi connectivity index (χ0n) is 15.1. The number of anilines is 1. The molecule has 28 heavy (non-hydrogen) atoms. The summed E-state index contributed by atoms with van der Waals surface area (Å²) in [4.78, 5) is 16.6. The molecule has 4 nitrogen and oxygen atoms in total. The van der Waals surface area contributed by atoms with Gasteiger partial charge in [0.25, 0.3) is 0 Å². The van der Waals surface area contributed by atoms with Crippen LogP contribution in [0, 0.1) is 0 Å². The topological polar surface area (TPSA) is 54.0 Å². The summed E-state index contributed by atoms with van der Waals surface area (Å²) in [6.45, 7) is 0.478. The Balaban J connectivity index is 1.38. The Kier molecular flexibility index (Phi) is 5.45. The zero-order chi connectivity index (χ0) is 19.2. The highest BCUT2D eigenvalue weighted by atomic mass is 32.1. The molecule has 138 valence electrons. The van der Waals surface area contributed by atoms with Crippen molar-refractivity contribution < 1.29 is 4.79 Å². The molecule has 5 heteroatoms. The van der Waals surface area contributed by atoms with Gasteiger partial charge in [0.1, 0.15) is 0 Å². The van der Waals surface area contributed by atoms with Gasteiger partial charge < -0.3 is 5.32 Å². The molecule has 0 saturated carbocycles. The van der Waals surface area contributed by atoms with Crippen molar-refractivity contribution >= 4 is 22.5 Å². The van der Waals surface area contributed by atoms with Crippen molar-refractivity contribution in [1.82, 2.24) is 10.3 Å². The highest BCUT2D eigenvalue weighted by Crippen LogP contribution is 2.27. The summed E-state index contributed by atoms with van der Waals surface area (Å²) in [6, 6.07) is 28.1. The average Bonchev–Trinajstić information content (AvgIpc) is 3.22. The summed E-state index contributed by atoms with van der Waals surface area (Å²) in [5.41, 5.74) is 5.27. The van der Waals surface area contributed by atoms with Gasteiger partial charge >= 0.3 is 6.03 Å². The van der Waals surface area contributed by atoms with Crippen molar-refractivity contribution in [2.24, 2.45) is 0 Å². The third-order valence-electron chi connectivity index (χ3n) is 4.31. The molecule has 0 aliphatic carbocycles. The Hall–Kier alpha value is -3.44. The van der Waals surface area contributed by atoms with E-state index in [-0.39, 0.29) is 6.03 Å². The number of carbonyl (C=O) groups excluding carboxylic acids is 1. The van der Waals surface area contributed by atoms with E-state index in [2.05, 4.69) is 52.0 Å². The predicted octanol–water partition coefficient (Wildman–Crippen LogP) is 5.80. The number of urea groups is 1. The first-order valence-electron chi connectivity index (χ1n) is 8.98. The van der Waals surface area contributed by atoms with Gasteiger partial charge in [-0.15, -0.1) is 11.3 Å². The second-order valence-corrected chi connectivity index (χ2v) is 7.13. The number of amides is 2. The first-order valence-corrected chi connectivity index (χ1v) is 9.86. The Morgan fingerprint density at radius 2 is 1.39 bits per heavy atom. The lowest BCUT2D eigenvalue weighted by Gasteiger charge is -2.05. The third kappa shape index (κ3) is 4.45. The van der Waals surface area contributed by atoms with Gasteiger partial charge in [0.2, 0.25) is 0 Å². The Bertz CT molecular complexity index is 1040. The minimum absolute atomic E-state index is 0.260. The lowest BCUT2D eigenvalue weighted by atomic mass is 10.0. The van der Waals surface area contributed by atoms with Gasteiger partial charge in [-0.05, 0) is 16.7 Å². The molecule has 4 aromatic rings. The van der Waals surface area contributed by atoms with Crippen molar-refractivity contribution in [3.05, 3.63) is 95.9 Å². The highest BCUT2D eigenvalue weighted by molar-refractivity contribution is 7.14. The summed E-state index contributed by atoms with van der Waals surface area (Å²) in [5.74, 6) is 0. The van der Waals surface area contributed by atoms with Crippen LogP contribution in [-0.4, -0.2) is 11.0 Å². The molecule has 4 rings (SSSR count). The van der Waals surface area contributed by atoms with E-state index in [1.807, 2.05) is 53.9 Å². The van der Waals surface area contributed by atoms with Gasteiger partial charge in [-0.25, -0.2) is 9.78 Å². The van der Waals surface area contributed by atoms with Crippen LogP contribution in [0.4, 0.5) is 9.93 Å². The van der Waals surface area contributed by atoms with Crippen molar-refractivity contribution in [3.63, 3.8) is 0 Å². The summed E-state index contributed by atoms with van der Waals surface area (Å²) in [7, 11) is 0. The fourth-order valence-corrected chi connectivity index (χ4v) is 3.56. The third-order valence-corrected chi connectivity index (χ3v) is 5.07. The summed E-state index contributed by atoms with van der Waals surface area (Å²) in [5, 5.41) is 8.16. The van der Waals surface area contributed by atoms with Gasteiger partial charge in [0.05, 0.1) is 5.69 Å². The number of benzene rings is 3. The molecule has 3 aromatic carbocycles. The molecular formula is C23H19N3OS. The van der Waals surface area contributed by atoms with Gasteiger partial charge in [-0.1, -0.05) is 84.9 Å². The molecule has 0 atom stereocenters. The molecule has 0 aliphatic heterocycles. The van der Waals surface area contributed by atoms with Crippen LogP contribution in [0.5, 0.6) is 0 Å². The van der Waals surface area contributed by atoms with Crippen LogP contribution in [0.25, 0.3) is 22.4 Å². The van der Waals surface area contributed by atoms with Gasteiger partial charge in [-0.2, -0.15) is 0 Å². The van der Waals surface area contributed by atoms with E-state index in [1.54, 1.807) is 0 Å². The SMILES string of the molecule is O=C(NCc1ccccc1)Nc1nc(-c2ccc(-c3ccccc3)cc2)cs1. The Morgan fingerprint density at radius 1 is 0.786 bits per heavy atom. The molecular weight excluding hydrogens is 366 g/mol. The second-order valence-electron chi connectivity index (χ2n) is 6.27. The number of nitrogens with one attached hydrogen (secondary N) is 2.